The summed E-state index contributed by atoms with van der Waals surface area (Å²) in [6, 6.07) is 28.0. The number of esters is 3. The Labute approximate surface area is 309 Å². The van der Waals surface area contributed by atoms with Crippen LogP contribution in [0.25, 0.3) is 11.2 Å². The van der Waals surface area contributed by atoms with E-state index in [1.54, 1.807) is 24.3 Å². The molecule has 0 bridgehead atoms. The van der Waals surface area contributed by atoms with E-state index < -0.39 is 48.5 Å². The first-order valence-corrected chi connectivity index (χ1v) is 16.9. The number of rotatable bonds is 13. The molecule has 4 atom stereocenters. The minimum absolute atomic E-state index is 0.106. The Morgan fingerprint density at radius 2 is 1.43 bits per heavy atom. The van der Waals surface area contributed by atoms with E-state index in [1.165, 1.54) is 31.7 Å². The average molecular weight is 736 g/mol. The maximum atomic E-state index is 12.5. The van der Waals surface area contributed by atoms with Crippen LogP contribution in [0.15, 0.2) is 108 Å². The Hall–Kier alpha value is -6.75. The molecule has 17 heteroatoms. The van der Waals surface area contributed by atoms with Gasteiger partial charge in [0.1, 0.15) is 12.7 Å². The highest BCUT2D eigenvalue weighted by Crippen LogP contribution is 2.37. The highest BCUT2D eigenvalue weighted by molar-refractivity contribution is 5.89. The second kappa shape index (κ2) is 17.2. The number of para-hydroxylation sites is 1. The van der Waals surface area contributed by atoms with Gasteiger partial charge in [0.2, 0.25) is 0 Å². The van der Waals surface area contributed by atoms with Gasteiger partial charge < -0.3 is 29.6 Å². The molecule has 0 aliphatic carbocycles. The normalized spacial score (nSPS) is 18.0. The first-order valence-electron chi connectivity index (χ1n) is 16.9. The van der Waals surface area contributed by atoms with E-state index in [0.29, 0.717) is 17.7 Å². The van der Waals surface area contributed by atoms with E-state index >= 15 is 0 Å². The fourth-order valence-electron chi connectivity index (χ4n) is 5.97. The number of urea groups is 1. The molecular formula is C37H37N9O8. The van der Waals surface area contributed by atoms with Crippen LogP contribution < -0.4 is 16.1 Å². The molecule has 0 spiro atoms. The Balaban J connectivity index is 1.37. The predicted octanol–water partition coefficient (Wildman–Crippen LogP) is 5.21. The van der Waals surface area contributed by atoms with E-state index in [9.17, 15) is 19.2 Å². The number of nitrogens with one attached hydrogen (secondary N) is 3. The van der Waals surface area contributed by atoms with Crippen molar-refractivity contribution in [2.45, 2.75) is 51.2 Å². The van der Waals surface area contributed by atoms with Gasteiger partial charge in [0.05, 0.1) is 6.33 Å². The molecule has 17 nitrogen and oxygen atoms in total. The third kappa shape index (κ3) is 9.18. The lowest BCUT2D eigenvalue weighted by atomic mass is 9.91. The molecule has 1 aliphatic heterocycles. The molecule has 1 saturated heterocycles. The van der Waals surface area contributed by atoms with E-state index in [4.69, 9.17) is 18.9 Å². The molecular weight excluding hydrogens is 698 g/mol. The van der Waals surface area contributed by atoms with Gasteiger partial charge in [-0.25, -0.2) is 15.2 Å². The number of benzene rings is 3. The van der Waals surface area contributed by atoms with Crippen molar-refractivity contribution in [3.05, 3.63) is 108 Å². The van der Waals surface area contributed by atoms with Crippen molar-refractivity contribution < 1.29 is 38.1 Å². The second-order valence-electron chi connectivity index (χ2n) is 12.1. The topological polar surface area (TPSA) is 210 Å². The number of anilines is 2. The summed E-state index contributed by atoms with van der Waals surface area (Å²) in [6.07, 6.45) is -3.13. The molecule has 2 amide bonds. The third-order valence-electron chi connectivity index (χ3n) is 8.22. The Morgan fingerprint density at radius 1 is 0.815 bits per heavy atom. The minimum Gasteiger partial charge on any atom is -0.463 e. The quantitative estimate of drug-likeness (QED) is 0.0616. The molecule has 0 radical (unpaired) electrons. The summed E-state index contributed by atoms with van der Waals surface area (Å²) in [6.45, 7) is 3.69. The van der Waals surface area contributed by atoms with Crippen molar-refractivity contribution >= 4 is 52.6 Å². The number of carbonyl (C=O) groups excluding carboxylic acids is 4. The zero-order valence-electron chi connectivity index (χ0n) is 29.5. The third-order valence-corrected chi connectivity index (χ3v) is 8.22. The van der Waals surface area contributed by atoms with E-state index in [0.717, 1.165) is 11.1 Å². The van der Waals surface area contributed by atoms with Crippen LogP contribution in [0.4, 0.5) is 22.2 Å². The van der Waals surface area contributed by atoms with Crippen LogP contribution in [0.5, 0.6) is 0 Å². The number of nitrogens with zero attached hydrogens (tertiary/aromatic N) is 6. The zero-order chi connectivity index (χ0) is 38.0. The molecule has 6 rings (SSSR count). The smallest absolute Gasteiger partial charge is 0.341 e. The molecule has 5 aromatic rings. The van der Waals surface area contributed by atoms with Gasteiger partial charge in [-0.3, -0.25) is 19.0 Å². The number of imidazole rings is 1. The largest absolute Gasteiger partial charge is 0.463 e. The standard InChI is InChI=1S/C37H37N9O8/c1-22(47)51-20-29-31(52-23(2)48)32(53-24(3)49)35(54-29)46-21-39-30-33(38-19-28(25-13-7-4-8-14-25)26-15-9-5-10-16-26)41-36(42-34(30)46)43-45-44-37(50)40-27-17-11-6-12-18-27/h4-18,21,28-29,31-32,35H,19-20H2,1-3H3,(H3,38,40,41,42,43,44,50)/t29-,31-,32-,35-/m1/s1. The molecule has 54 heavy (non-hydrogen) atoms. The van der Waals surface area contributed by atoms with Crippen LogP contribution >= 0.6 is 0 Å². The van der Waals surface area contributed by atoms with Gasteiger partial charge in [0.25, 0.3) is 5.95 Å². The first-order chi connectivity index (χ1) is 26.2. The number of amides is 2. The summed E-state index contributed by atoms with van der Waals surface area (Å²) in [5, 5.41) is 13.9. The molecule has 3 heterocycles. The molecule has 278 valence electrons. The highest BCUT2D eigenvalue weighted by Gasteiger charge is 2.51. The molecule has 0 unspecified atom stereocenters. The van der Waals surface area contributed by atoms with E-state index in [2.05, 4.69) is 41.3 Å². The van der Waals surface area contributed by atoms with Gasteiger partial charge >= 0.3 is 23.9 Å². The van der Waals surface area contributed by atoms with E-state index in [1.807, 2.05) is 66.7 Å². The van der Waals surface area contributed by atoms with Crippen LogP contribution in [-0.4, -0.2) is 74.9 Å². The molecule has 0 saturated carbocycles. The van der Waals surface area contributed by atoms with Gasteiger partial charge in [-0.05, 0) is 23.3 Å². The van der Waals surface area contributed by atoms with Gasteiger partial charge in [0, 0.05) is 38.9 Å². The zero-order valence-corrected chi connectivity index (χ0v) is 29.5. The highest BCUT2D eigenvalue weighted by atomic mass is 16.7. The Kier molecular flexibility index (Phi) is 11.8. The van der Waals surface area contributed by atoms with Crippen LogP contribution in [0.1, 0.15) is 44.0 Å². The molecule has 1 fully saturated rings. The number of fused-ring (bicyclic) bond motifs is 1. The molecule has 2 aromatic heterocycles. The summed E-state index contributed by atoms with van der Waals surface area (Å²) < 4.78 is 24.1. The van der Waals surface area contributed by atoms with Crippen LogP contribution in [0.3, 0.4) is 0 Å². The number of ether oxygens (including phenoxy) is 4. The fourth-order valence-corrected chi connectivity index (χ4v) is 5.97. The summed E-state index contributed by atoms with van der Waals surface area (Å²) in [7, 11) is 0. The summed E-state index contributed by atoms with van der Waals surface area (Å²) in [5.41, 5.74) is 5.42. The maximum Gasteiger partial charge on any atom is 0.341 e. The van der Waals surface area contributed by atoms with Crippen molar-refractivity contribution in [3.8, 4) is 0 Å². The average Bonchev–Trinajstić information content (AvgIpc) is 3.72. The van der Waals surface area contributed by atoms with Gasteiger partial charge in [-0.15, -0.1) is 0 Å². The summed E-state index contributed by atoms with van der Waals surface area (Å²) >= 11 is 0. The maximum absolute atomic E-state index is 12.5. The first kappa shape index (κ1) is 37.0. The van der Waals surface area contributed by atoms with Crippen LogP contribution in [0.2, 0.25) is 0 Å². The van der Waals surface area contributed by atoms with Crippen molar-refractivity contribution in [1.29, 1.82) is 0 Å². The van der Waals surface area contributed by atoms with Crippen molar-refractivity contribution in [1.82, 2.24) is 24.9 Å². The van der Waals surface area contributed by atoms with Crippen molar-refractivity contribution in [3.63, 3.8) is 0 Å². The Bertz CT molecular complexity index is 2080. The molecule has 1 aliphatic rings. The number of aromatic nitrogens is 4. The fraction of sp³-hybridized carbons (Fsp3) is 0.270. The lowest BCUT2D eigenvalue weighted by Gasteiger charge is -2.23. The van der Waals surface area contributed by atoms with Crippen molar-refractivity contribution in [2.75, 3.05) is 23.8 Å². The lowest BCUT2D eigenvalue weighted by molar-refractivity contribution is -0.166. The SMILES string of the molecule is CC(=O)OC[C@H]1O[C@@H](n2cnc3c(NCC(c4ccccc4)c4ccccc4)nc(/N=N/NC(=O)Nc4ccccc4)nc32)[C@H](OC(C)=O)[C@@H]1OC(C)=O. The second-order valence-corrected chi connectivity index (χ2v) is 12.1. The summed E-state index contributed by atoms with van der Waals surface area (Å²) in [5.74, 6) is -1.94. The lowest BCUT2D eigenvalue weighted by Crippen LogP contribution is -2.40. The summed E-state index contributed by atoms with van der Waals surface area (Å²) in [4.78, 5) is 62.4. The number of hydrogen-bond acceptors (Lipinski definition) is 14. The van der Waals surface area contributed by atoms with Gasteiger partial charge in [-0.2, -0.15) is 9.97 Å². The van der Waals surface area contributed by atoms with Crippen molar-refractivity contribution in [2.24, 2.45) is 10.3 Å². The monoisotopic (exact) mass is 735 g/mol. The van der Waals surface area contributed by atoms with Gasteiger partial charge in [-0.1, -0.05) is 89.2 Å². The Morgan fingerprint density at radius 3 is 2.04 bits per heavy atom. The molecule has 3 N–H and O–H groups in total. The van der Waals surface area contributed by atoms with Crippen LogP contribution in [-0.2, 0) is 33.3 Å². The van der Waals surface area contributed by atoms with E-state index in [-0.39, 0.29) is 29.9 Å². The number of hydrogen-bond donors (Lipinski definition) is 3. The predicted molar refractivity (Wildman–Crippen MR) is 193 cm³/mol. The van der Waals surface area contributed by atoms with Crippen LogP contribution in [0, 0.1) is 0 Å². The van der Waals surface area contributed by atoms with Gasteiger partial charge in [0.15, 0.2) is 35.4 Å². The minimum atomic E-state index is -1.20. The number of carbonyl (C=O) groups is 4. The molecule has 3 aromatic carbocycles.